The number of amides is 6. The van der Waals surface area contributed by atoms with Crippen molar-refractivity contribution in [2.45, 2.75) is 67.7 Å². The second kappa shape index (κ2) is 16.7. The highest BCUT2D eigenvalue weighted by Crippen LogP contribution is 2.46. The van der Waals surface area contributed by atoms with Crippen LogP contribution in [0.25, 0.3) is 0 Å². The van der Waals surface area contributed by atoms with Crippen LogP contribution in [0.15, 0.2) is 46.8 Å². The van der Waals surface area contributed by atoms with Gasteiger partial charge in [-0.1, -0.05) is 81.1 Å². The topological polar surface area (TPSA) is 232 Å². The Morgan fingerprint density at radius 1 is 1.06 bits per heavy atom. The summed E-state index contributed by atoms with van der Waals surface area (Å²) in [6.07, 6.45) is 6.08. The zero-order valence-corrected chi connectivity index (χ0v) is 29.7. The average Bonchev–Trinajstić information content (AvgIpc) is 3.55. The summed E-state index contributed by atoms with van der Waals surface area (Å²) >= 11 is 2.29. The molecule has 1 aromatic heterocycles. The fourth-order valence-electron chi connectivity index (χ4n) is 6.05. The Balaban J connectivity index is 1.28. The molecule has 2 fully saturated rings. The maximum Gasteiger partial charge on any atom is 0.352 e. The van der Waals surface area contributed by atoms with Gasteiger partial charge in [-0.2, -0.15) is 5.48 Å². The number of fused-ring (bicyclic) bond motifs is 1. The molecule has 1 aromatic carbocycles. The van der Waals surface area contributed by atoms with Gasteiger partial charge < -0.3 is 25.8 Å². The van der Waals surface area contributed by atoms with Crippen LogP contribution in [0, 0.1) is 0 Å². The summed E-state index contributed by atoms with van der Waals surface area (Å²) in [6, 6.07) is 5.53. The number of carboxylic acid groups (broad SMARTS) is 1. The van der Waals surface area contributed by atoms with Crippen molar-refractivity contribution in [1.29, 1.82) is 0 Å². The van der Waals surface area contributed by atoms with Gasteiger partial charge in [0.1, 0.15) is 17.1 Å². The molecule has 6 amide bonds. The van der Waals surface area contributed by atoms with Crippen molar-refractivity contribution >= 4 is 59.2 Å². The number of aryl methyl sites for hydroxylation is 1. The van der Waals surface area contributed by atoms with E-state index >= 15 is 0 Å². The molecule has 0 bridgehead atoms. The standard InChI is InChI=1S/C31H40N10O8S2/c1-3-4-5-6-7-11-14-39-15-16-40(25(44)24(39)43)29(48)32-21(19-12-9-8-10-13-19)23(42)33-31(35-49)27(47)41-22(26(45)46)20(17-50-28(31)41)18-51-30-34-36-37-38(30)2/h8-10,12-13,21,28,35,49H,3-7,11,14-18H2,1-2H3,(H,32,48)(H,33,42)(H,45,46)/t21?,28-,31-/m0/s1. The van der Waals surface area contributed by atoms with E-state index in [-0.39, 0.29) is 35.9 Å². The third-order valence-electron chi connectivity index (χ3n) is 8.81. The molecule has 5 N–H and O–H groups in total. The Kier molecular flexibility index (Phi) is 12.3. The largest absolute Gasteiger partial charge is 0.477 e. The summed E-state index contributed by atoms with van der Waals surface area (Å²) in [7, 11) is 1.63. The van der Waals surface area contributed by atoms with E-state index in [4.69, 9.17) is 0 Å². The Hall–Kier alpha value is -4.53. The predicted octanol–water partition coefficient (Wildman–Crippen LogP) is 0.830. The number of thioether (sulfide) groups is 2. The van der Waals surface area contributed by atoms with Gasteiger partial charge in [-0.3, -0.25) is 29.0 Å². The number of hydrogen-bond acceptors (Lipinski definition) is 13. The van der Waals surface area contributed by atoms with Crippen LogP contribution in [0.1, 0.15) is 57.1 Å². The molecule has 0 aliphatic carbocycles. The smallest absolute Gasteiger partial charge is 0.352 e. The lowest BCUT2D eigenvalue weighted by molar-refractivity contribution is -0.171. The van der Waals surface area contributed by atoms with Crippen LogP contribution < -0.4 is 16.1 Å². The normalized spacial score (nSPS) is 21.0. The predicted molar refractivity (Wildman–Crippen MR) is 182 cm³/mol. The number of imide groups is 1. The maximum atomic E-state index is 13.9. The Morgan fingerprint density at radius 3 is 2.45 bits per heavy atom. The molecule has 51 heavy (non-hydrogen) atoms. The van der Waals surface area contributed by atoms with E-state index in [2.05, 4.69) is 33.1 Å². The lowest BCUT2D eigenvalue weighted by atomic mass is 9.94. The van der Waals surface area contributed by atoms with Crippen LogP contribution in [0.2, 0.25) is 0 Å². The third-order valence-corrected chi connectivity index (χ3v) is 11.3. The number of β-lactam (4-membered cyclic amide) rings is 1. The number of nitrogens with one attached hydrogen (secondary N) is 3. The van der Waals surface area contributed by atoms with E-state index in [0.29, 0.717) is 17.3 Å². The first-order chi connectivity index (χ1) is 24.5. The quantitative estimate of drug-likeness (QED) is 0.0400. The van der Waals surface area contributed by atoms with Gasteiger partial charge in [0.25, 0.3) is 5.91 Å². The van der Waals surface area contributed by atoms with Gasteiger partial charge in [0.05, 0.1) is 0 Å². The van der Waals surface area contributed by atoms with Crippen LogP contribution in [-0.4, -0.2) is 123 Å². The molecule has 0 spiro atoms. The molecule has 3 aliphatic rings. The molecular formula is C31H40N10O8S2. The molecule has 5 rings (SSSR count). The number of hydroxylamine groups is 1. The number of aliphatic carboxylic acids is 1. The fraction of sp³-hybridized carbons (Fsp3) is 0.516. The van der Waals surface area contributed by atoms with Gasteiger partial charge in [-0.25, -0.2) is 14.3 Å². The van der Waals surface area contributed by atoms with Crippen LogP contribution in [-0.2, 0) is 31.0 Å². The number of carbonyl (C=O) groups is 6. The number of rotatable bonds is 16. The second-order valence-electron chi connectivity index (χ2n) is 12.2. The zero-order chi connectivity index (χ0) is 36.7. The molecule has 4 heterocycles. The van der Waals surface area contributed by atoms with Gasteiger partial charge in [0.15, 0.2) is 0 Å². The van der Waals surface area contributed by atoms with E-state index in [1.807, 2.05) is 5.48 Å². The first kappa shape index (κ1) is 37.7. The van der Waals surface area contributed by atoms with Gasteiger partial charge >= 0.3 is 23.8 Å². The number of benzene rings is 1. The molecule has 2 saturated heterocycles. The molecule has 2 aromatic rings. The van der Waals surface area contributed by atoms with E-state index in [0.717, 1.165) is 60.1 Å². The highest BCUT2D eigenvalue weighted by atomic mass is 32.2. The maximum absolute atomic E-state index is 13.9. The summed E-state index contributed by atoms with van der Waals surface area (Å²) in [4.78, 5) is 82.5. The van der Waals surface area contributed by atoms with Crippen LogP contribution in [0.5, 0.6) is 0 Å². The number of carbonyl (C=O) groups excluding carboxylic acids is 5. The Labute approximate surface area is 301 Å². The van der Waals surface area contributed by atoms with Crippen molar-refractivity contribution in [3.63, 3.8) is 0 Å². The molecule has 274 valence electrons. The highest BCUT2D eigenvalue weighted by Gasteiger charge is 2.66. The molecule has 3 atom stereocenters. The first-order valence-corrected chi connectivity index (χ1v) is 18.5. The van der Waals surface area contributed by atoms with Crippen molar-refractivity contribution in [3.05, 3.63) is 47.2 Å². The molecule has 0 radical (unpaired) electrons. The summed E-state index contributed by atoms with van der Waals surface area (Å²) in [5.41, 5.74) is 0.119. The number of hydrogen-bond donors (Lipinski definition) is 5. The summed E-state index contributed by atoms with van der Waals surface area (Å²) < 4.78 is 1.42. The zero-order valence-electron chi connectivity index (χ0n) is 28.1. The third kappa shape index (κ3) is 7.87. The molecule has 18 nitrogen and oxygen atoms in total. The lowest BCUT2D eigenvalue weighted by Crippen LogP contribution is -2.85. The van der Waals surface area contributed by atoms with Crippen molar-refractivity contribution in [2.75, 3.05) is 31.1 Å². The second-order valence-corrected chi connectivity index (χ2v) is 14.2. The fourth-order valence-corrected chi connectivity index (χ4v) is 8.45. The number of piperazine rings is 1. The molecule has 0 saturated carbocycles. The van der Waals surface area contributed by atoms with Crippen LogP contribution in [0.3, 0.4) is 0 Å². The molecule has 3 aliphatic heterocycles. The molecule has 1 unspecified atom stereocenters. The molecular weight excluding hydrogens is 705 g/mol. The number of carboxylic acids is 1. The minimum Gasteiger partial charge on any atom is -0.477 e. The van der Waals surface area contributed by atoms with Gasteiger partial charge in [-0.05, 0) is 28.0 Å². The van der Waals surface area contributed by atoms with Crippen LogP contribution in [0.4, 0.5) is 4.79 Å². The highest BCUT2D eigenvalue weighted by molar-refractivity contribution is 8.01. The monoisotopic (exact) mass is 744 g/mol. The number of nitrogens with zero attached hydrogens (tertiary/aromatic N) is 7. The number of unbranched alkanes of at least 4 members (excludes halogenated alkanes) is 5. The summed E-state index contributed by atoms with van der Waals surface area (Å²) in [5.74, 6) is -4.81. The van der Waals surface area contributed by atoms with Crippen molar-refractivity contribution in [2.24, 2.45) is 7.05 Å². The first-order valence-electron chi connectivity index (χ1n) is 16.5. The number of tetrazole rings is 1. The van der Waals surface area contributed by atoms with Crippen molar-refractivity contribution in [1.82, 2.24) is 51.0 Å². The summed E-state index contributed by atoms with van der Waals surface area (Å²) in [5, 5.41) is 35.9. The van der Waals surface area contributed by atoms with E-state index in [1.165, 1.54) is 21.3 Å². The van der Waals surface area contributed by atoms with E-state index in [1.54, 1.807) is 37.4 Å². The number of urea groups is 1. The Morgan fingerprint density at radius 2 is 1.78 bits per heavy atom. The Bertz CT molecular complexity index is 1690. The van der Waals surface area contributed by atoms with Crippen molar-refractivity contribution in [3.8, 4) is 0 Å². The van der Waals surface area contributed by atoms with E-state index < -0.39 is 52.7 Å². The average molecular weight is 745 g/mol. The minimum absolute atomic E-state index is 0.0816. The van der Waals surface area contributed by atoms with E-state index in [9.17, 15) is 39.1 Å². The SMILES string of the molecule is CCCCCCCCN1CCN(C(=O)NC(C(=O)N[C@]2(NO)C(=O)N3C(C(=O)O)=C(CSc4nnnn4C)CS[C@H]32)c2ccccc2)C(=O)C1=O. The lowest BCUT2D eigenvalue weighted by Gasteiger charge is -2.56. The van der Waals surface area contributed by atoms with Crippen molar-refractivity contribution < 1.29 is 39.1 Å². The van der Waals surface area contributed by atoms with Gasteiger partial charge in [0, 0.05) is 38.2 Å². The number of aromatic nitrogens is 4. The van der Waals surface area contributed by atoms with Gasteiger partial charge in [-0.15, -0.1) is 16.9 Å². The van der Waals surface area contributed by atoms with Crippen LogP contribution >= 0.6 is 23.5 Å². The summed E-state index contributed by atoms with van der Waals surface area (Å²) in [6.45, 7) is 2.59. The minimum atomic E-state index is -2.15. The van der Waals surface area contributed by atoms with Gasteiger partial charge in [0.2, 0.25) is 16.7 Å². The molecule has 20 heteroatoms.